The summed E-state index contributed by atoms with van der Waals surface area (Å²) in [5, 5.41) is 11.2. The molecular formula is C11H15NO3. The molecule has 1 aromatic carbocycles. The lowest BCUT2D eigenvalue weighted by Crippen LogP contribution is -2.24. The third-order valence-electron chi connectivity index (χ3n) is 2.03. The first-order valence-electron chi connectivity index (χ1n) is 4.78. The third kappa shape index (κ3) is 4.46. The number of carbonyl (C=O) groups is 1. The number of benzene rings is 1. The van der Waals surface area contributed by atoms with E-state index in [-0.39, 0.29) is 6.54 Å². The average Bonchev–Trinajstić information content (AvgIpc) is 2.25. The van der Waals surface area contributed by atoms with Crippen LogP contribution in [0.5, 0.6) is 5.75 Å². The first-order chi connectivity index (χ1) is 7.22. The Morgan fingerprint density at radius 1 is 1.40 bits per heavy atom. The van der Waals surface area contributed by atoms with Crippen molar-refractivity contribution in [2.24, 2.45) is 0 Å². The monoisotopic (exact) mass is 209 g/mol. The first-order valence-corrected chi connectivity index (χ1v) is 4.78. The van der Waals surface area contributed by atoms with E-state index in [0.29, 0.717) is 6.54 Å². The number of aliphatic carboxylic acids is 1. The van der Waals surface area contributed by atoms with E-state index in [2.05, 4.69) is 5.32 Å². The molecule has 0 saturated heterocycles. The Morgan fingerprint density at radius 2 is 2.07 bits per heavy atom. The summed E-state index contributed by atoms with van der Waals surface area (Å²) in [6, 6.07) is 7.74. The van der Waals surface area contributed by atoms with Gasteiger partial charge in [0.2, 0.25) is 0 Å². The molecule has 0 bridgehead atoms. The Labute approximate surface area is 88.9 Å². The van der Waals surface area contributed by atoms with Crippen LogP contribution in [0.25, 0.3) is 0 Å². The summed E-state index contributed by atoms with van der Waals surface area (Å²) in [6.07, 6.45) is 0.817. The molecule has 1 aromatic rings. The van der Waals surface area contributed by atoms with Gasteiger partial charge in [0.05, 0.1) is 13.7 Å². The van der Waals surface area contributed by atoms with Gasteiger partial charge in [0.1, 0.15) is 5.75 Å². The molecule has 4 nitrogen and oxygen atoms in total. The fourth-order valence-electron chi connectivity index (χ4n) is 1.22. The van der Waals surface area contributed by atoms with Crippen molar-refractivity contribution < 1.29 is 14.6 Å². The van der Waals surface area contributed by atoms with Gasteiger partial charge in [-0.15, -0.1) is 0 Å². The highest BCUT2D eigenvalue weighted by Crippen LogP contribution is 2.11. The van der Waals surface area contributed by atoms with Crippen molar-refractivity contribution in [3.05, 3.63) is 29.8 Å². The second-order valence-electron chi connectivity index (χ2n) is 3.17. The van der Waals surface area contributed by atoms with Crippen molar-refractivity contribution in [1.82, 2.24) is 5.32 Å². The molecule has 0 aromatic heterocycles. The van der Waals surface area contributed by atoms with Crippen LogP contribution in [0.1, 0.15) is 5.56 Å². The van der Waals surface area contributed by atoms with E-state index in [1.54, 1.807) is 7.11 Å². The largest absolute Gasteiger partial charge is 0.497 e. The van der Waals surface area contributed by atoms with E-state index >= 15 is 0 Å². The van der Waals surface area contributed by atoms with E-state index in [1.165, 1.54) is 0 Å². The molecule has 0 radical (unpaired) electrons. The zero-order valence-electron chi connectivity index (χ0n) is 8.69. The van der Waals surface area contributed by atoms with Gasteiger partial charge in [-0.25, -0.2) is 0 Å². The molecule has 0 unspecified atom stereocenters. The lowest BCUT2D eigenvalue weighted by Gasteiger charge is -2.03. The summed E-state index contributed by atoms with van der Waals surface area (Å²) in [5.41, 5.74) is 1.16. The number of hydrogen-bond donors (Lipinski definition) is 2. The second kappa shape index (κ2) is 6.03. The fraction of sp³-hybridized carbons (Fsp3) is 0.364. The molecule has 4 heteroatoms. The van der Waals surface area contributed by atoms with Gasteiger partial charge in [-0.05, 0) is 30.7 Å². The van der Waals surface area contributed by atoms with Crippen molar-refractivity contribution >= 4 is 5.97 Å². The maximum atomic E-state index is 10.2. The number of methoxy groups -OCH3 is 1. The number of hydrogen-bond acceptors (Lipinski definition) is 3. The van der Waals surface area contributed by atoms with Crippen LogP contribution < -0.4 is 10.1 Å². The molecule has 0 saturated carbocycles. The SMILES string of the molecule is COc1ccc(CCNCC(=O)O)cc1. The number of carboxylic acids is 1. The second-order valence-corrected chi connectivity index (χ2v) is 3.17. The van der Waals surface area contributed by atoms with Gasteiger partial charge in [-0.3, -0.25) is 4.79 Å². The predicted molar refractivity (Wildman–Crippen MR) is 57.2 cm³/mol. The zero-order chi connectivity index (χ0) is 11.1. The van der Waals surface area contributed by atoms with Crippen molar-refractivity contribution in [3.63, 3.8) is 0 Å². The molecule has 0 aliphatic heterocycles. The van der Waals surface area contributed by atoms with Crippen LogP contribution in [0.3, 0.4) is 0 Å². The smallest absolute Gasteiger partial charge is 0.317 e. The molecular weight excluding hydrogens is 194 g/mol. The standard InChI is InChI=1S/C11H15NO3/c1-15-10-4-2-9(3-5-10)6-7-12-8-11(13)14/h2-5,12H,6-8H2,1H3,(H,13,14). The Bertz CT molecular complexity index is 308. The van der Waals surface area contributed by atoms with E-state index in [9.17, 15) is 4.79 Å². The van der Waals surface area contributed by atoms with Crippen molar-refractivity contribution in [3.8, 4) is 5.75 Å². The highest BCUT2D eigenvalue weighted by molar-refractivity contribution is 5.68. The molecule has 0 atom stereocenters. The Hall–Kier alpha value is -1.55. The summed E-state index contributed by atoms with van der Waals surface area (Å²) in [5.74, 6) is 0.00183. The zero-order valence-corrected chi connectivity index (χ0v) is 8.69. The minimum Gasteiger partial charge on any atom is -0.497 e. The van der Waals surface area contributed by atoms with Crippen LogP contribution >= 0.6 is 0 Å². The molecule has 0 fully saturated rings. The van der Waals surface area contributed by atoms with Gasteiger partial charge in [0.25, 0.3) is 0 Å². The quantitative estimate of drug-likeness (QED) is 0.684. The highest BCUT2D eigenvalue weighted by atomic mass is 16.5. The maximum Gasteiger partial charge on any atom is 0.317 e. The maximum absolute atomic E-state index is 10.2. The van der Waals surface area contributed by atoms with Crippen LogP contribution in [-0.4, -0.2) is 31.3 Å². The van der Waals surface area contributed by atoms with E-state index in [0.717, 1.165) is 17.7 Å². The Morgan fingerprint density at radius 3 is 2.60 bits per heavy atom. The molecule has 0 aliphatic carbocycles. The molecule has 82 valence electrons. The van der Waals surface area contributed by atoms with Crippen LogP contribution in [-0.2, 0) is 11.2 Å². The van der Waals surface area contributed by atoms with Crippen LogP contribution in [0.4, 0.5) is 0 Å². The van der Waals surface area contributed by atoms with Crippen LogP contribution in [0, 0.1) is 0 Å². The van der Waals surface area contributed by atoms with Crippen molar-refractivity contribution in [2.75, 3.05) is 20.2 Å². The van der Waals surface area contributed by atoms with Crippen molar-refractivity contribution in [1.29, 1.82) is 0 Å². The topological polar surface area (TPSA) is 58.6 Å². The van der Waals surface area contributed by atoms with E-state index < -0.39 is 5.97 Å². The molecule has 0 amide bonds. The Kier molecular flexibility index (Phi) is 4.63. The minimum absolute atomic E-state index is 0.0101. The molecule has 0 spiro atoms. The first kappa shape index (κ1) is 11.5. The lowest BCUT2D eigenvalue weighted by molar-refractivity contribution is -0.135. The number of rotatable bonds is 6. The normalized spacial score (nSPS) is 9.93. The Balaban J connectivity index is 2.28. The molecule has 2 N–H and O–H groups in total. The average molecular weight is 209 g/mol. The van der Waals surface area contributed by atoms with Gasteiger partial charge in [0, 0.05) is 0 Å². The van der Waals surface area contributed by atoms with Gasteiger partial charge in [-0.2, -0.15) is 0 Å². The molecule has 0 aliphatic rings. The molecule has 1 rings (SSSR count). The third-order valence-corrected chi connectivity index (χ3v) is 2.03. The van der Waals surface area contributed by atoms with Crippen LogP contribution in [0.2, 0.25) is 0 Å². The summed E-state index contributed by atoms with van der Waals surface area (Å²) >= 11 is 0. The summed E-state index contributed by atoms with van der Waals surface area (Å²) in [6.45, 7) is 0.675. The summed E-state index contributed by atoms with van der Waals surface area (Å²) in [4.78, 5) is 10.2. The van der Waals surface area contributed by atoms with Crippen molar-refractivity contribution in [2.45, 2.75) is 6.42 Å². The fourth-order valence-corrected chi connectivity index (χ4v) is 1.22. The number of carboxylic acid groups (broad SMARTS) is 1. The molecule has 15 heavy (non-hydrogen) atoms. The van der Waals surface area contributed by atoms with Crippen LogP contribution in [0.15, 0.2) is 24.3 Å². The lowest BCUT2D eigenvalue weighted by atomic mass is 10.1. The van der Waals surface area contributed by atoms with Gasteiger partial charge < -0.3 is 15.2 Å². The predicted octanol–water partition coefficient (Wildman–Crippen LogP) is 0.912. The van der Waals surface area contributed by atoms with E-state index in [4.69, 9.17) is 9.84 Å². The van der Waals surface area contributed by atoms with Gasteiger partial charge in [0.15, 0.2) is 0 Å². The molecule has 0 heterocycles. The summed E-state index contributed by atoms with van der Waals surface area (Å²) < 4.78 is 5.03. The van der Waals surface area contributed by atoms with Gasteiger partial charge in [-0.1, -0.05) is 12.1 Å². The number of ether oxygens (including phenoxy) is 1. The minimum atomic E-state index is -0.829. The summed E-state index contributed by atoms with van der Waals surface area (Å²) in [7, 11) is 1.63. The number of nitrogens with one attached hydrogen (secondary N) is 1. The van der Waals surface area contributed by atoms with Gasteiger partial charge >= 0.3 is 5.97 Å². The highest BCUT2D eigenvalue weighted by Gasteiger charge is 1.96. The van der Waals surface area contributed by atoms with E-state index in [1.807, 2.05) is 24.3 Å².